The van der Waals surface area contributed by atoms with Crippen molar-refractivity contribution in [3.8, 4) is 17.1 Å². The first-order valence-corrected chi connectivity index (χ1v) is 10.0. The minimum Gasteiger partial charge on any atom is -0.484 e. The highest BCUT2D eigenvalue weighted by Gasteiger charge is 2.22. The Hall–Kier alpha value is -3.71. The van der Waals surface area contributed by atoms with Gasteiger partial charge in [0.2, 0.25) is 11.7 Å². The van der Waals surface area contributed by atoms with Crippen LogP contribution in [-0.2, 0) is 11.2 Å². The molecule has 0 saturated heterocycles. The van der Waals surface area contributed by atoms with Gasteiger partial charge in [0, 0.05) is 29.4 Å². The smallest absolute Gasteiger partial charge is 0.258 e. The van der Waals surface area contributed by atoms with Crippen LogP contribution < -0.4 is 10.1 Å². The maximum absolute atomic E-state index is 12.6. The molecular formula is C23H19ClN4O3. The number of benzene rings is 2. The number of nitrogens with zero attached hydrogens (tertiary/aromatic N) is 3. The van der Waals surface area contributed by atoms with E-state index in [2.05, 4.69) is 20.4 Å². The number of carbonyl (C=O) groups is 1. The van der Waals surface area contributed by atoms with Crippen molar-refractivity contribution in [2.75, 3.05) is 6.61 Å². The van der Waals surface area contributed by atoms with Gasteiger partial charge in [0.15, 0.2) is 6.61 Å². The molecule has 8 heteroatoms. The van der Waals surface area contributed by atoms with Crippen molar-refractivity contribution < 1.29 is 14.1 Å². The third kappa shape index (κ3) is 5.67. The number of nitrogens with one attached hydrogen (secondary N) is 1. The highest BCUT2D eigenvalue weighted by Crippen LogP contribution is 2.21. The van der Waals surface area contributed by atoms with Crippen molar-refractivity contribution in [1.82, 2.24) is 20.4 Å². The predicted octanol–water partition coefficient (Wildman–Crippen LogP) is 4.26. The molecule has 0 aliphatic rings. The third-order valence-corrected chi connectivity index (χ3v) is 4.71. The maximum atomic E-state index is 12.6. The standard InChI is InChI=1S/C23H19ClN4O3/c24-18-8-10-19(11-9-18)30-15-21(29)26-20(13-16-5-2-1-3-6-16)23-27-22(28-31-23)17-7-4-12-25-14-17/h1-12,14,20H,13,15H2,(H,26,29)/t20-/m1/s1. The highest BCUT2D eigenvalue weighted by molar-refractivity contribution is 6.30. The van der Waals surface area contributed by atoms with E-state index >= 15 is 0 Å². The van der Waals surface area contributed by atoms with E-state index in [1.807, 2.05) is 36.4 Å². The number of pyridine rings is 1. The van der Waals surface area contributed by atoms with Gasteiger partial charge < -0.3 is 14.6 Å². The Kier molecular flexibility index (Phi) is 6.54. The summed E-state index contributed by atoms with van der Waals surface area (Å²) in [6, 6.07) is 19.7. The number of carbonyl (C=O) groups excluding carboxylic acids is 1. The minimum absolute atomic E-state index is 0.156. The lowest BCUT2D eigenvalue weighted by atomic mass is 10.1. The van der Waals surface area contributed by atoms with Crippen LogP contribution in [0.1, 0.15) is 17.5 Å². The Morgan fingerprint density at radius 1 is 1.06 bits per heavy atom. The molecule has 156 valence electrons. The number of halogens is 1. The van der Waals surface area contributed by atoms with E-state index in [1.54, 1.807) is 42.7 Å². The van der Waals surface area contributed by atoms with Crippen LogP contribution in [0.5, 0.6) is 5.75 Å². The summed E-state index contributed by atoms with van der Waals surface area (Å²) >= 11 is 5.87. The number of amides is 1. The summed E-state index contributed by atoms with van der Waals surface area (Å²) in [5.41, 5.74) is 1.75. The Morgan fingerprint density at radius 2 is 1.87 bits per heavy atom. The average molecular weight is 435 g/mol. The van der Waals surface area contributed by atoms with Gasteiger partial charge in [0.25, 0.3) is 5.91 Å². The second kappa shape index (κ2) is 9.86. The molecule has 0 fully saturated rings. The molecule has 0 unspecified atom stereocenters. The first kappa shape index (κ1) is 20.6. The average Bonchev–Trinajstić information content (AvgIpc) is 3.30. The second-order valence-corrected chi connectivity index (χ2v) is 7.19. The first-order chi connectivity index (χ1) is 15.2. The Balaban J connectivity index is 1.48. The van der Waals surface area contributed by atoms with E-state index in [0.717, 1.165) is 11.1 Å². The minimum atomic E-state index is -0.512. The van der Waals surface area contributed by atoms with Crippen LogP contribution >= 0.6 is 11.6 Å². The van der Waals surface area contributed by atoms with Crippen LogP contribution in [0.2, 0.25) is 5.02 Å². The fourth-order valence-electron chi connectivity index (χ4n) is 2.95. The summed E-state index contributed by atoms with van der Waals surface area (Å²) in [6.45, 7) is -0.156. The third-order valence-electron chi connectivity index (χ3n) is 4.46. The van der Waals surface area contributed by atoms with Gasteiger partial charge in [0.05, 0.1) is 0 Å². The van der Waals surface area contributed by atoms with E-state index in [4.69, 9.17) is 20.9 Å². The molecule has 4 rings (SSSR count). The zero-order valence-corrected chi connectivity index (χ0v) is 17.2. The van der Waals surface area contributed by atoms with E-state index in [-0.39, 0.29) is 12.5 Å². The molecule has 31 heavy (non-hydrogen) atoms. The van der Waals surface area contributed by atoms with Crippen LogP contribution in [0.25, 0.3) is 11.4 Å². The van der Waals surface area contributed by atoms with Crippen LogP contribution in [0.4, 0.5) is 0 Å². The fourth-order valence-corrected chi connectivity index (χ4v) is 3.08. The SMILES string of the molecule is O=C(COc1ccc(Cl)cc1)N[C@H](Cc1ccccc1)c1nc(-c2cccnc2)no1. The normalized spacial score (nSPS) is 11.6. The Morgan fingerprint density at radius 3 is 2.61 bits per heavy atom. The molecule has 0 radical (unpaired) electrons. The number of aromatic nitrogens is 3. The van der Waals surface area contributed by atoms with Crippen LogP contribution in [0.3, 0.4) is 0 Å². The van der Waals surface area contributed by atoms with Crippen LogP contribution in [-0.4, -0.2) is 27.6 Å². The van der Waals surface area contributed by atoms with Crippen molar-refractivity contribution in [2.45, 2.75) is 12.5 Å². The molecule has 2 aromatic heterocycles. The topological polar surface area (TPSA) is 90.1 Å². The summed E-state index contributed by atoms with van der Waals surface area (Å²) in [7, 11) is 0. The van der Waals surface area contributed by atoms with Gasteiger partial charge in [0.1, 0.15) is 11.8 Å². The summed E-state index contributed by atoms with van der Waals surface area (Å²) < 4.78 is 11.0. The van der Waals surface area contributed by atoms with Gasteiger partial charge >= 0.3 is 0 Å². The highest BCUT2D eigenvalue weighted by atomic mass is 35.5. The molecule has 0 aliphatic heterocycles. The van der Waals surface area contributed by atoms with Crippen molar-refractivity contribution >= 4 is 17.5 Å². The Bertz CT molecular complexity index is 1120. The first-order valence-electron chi connectivity index (χ1n) is 9.63. The van der Waals surface area contributed by atoms with Crippen molar-refractivity contribution in [1.29, 1.82) is 0 Å². The van der Waals surface area contributed by atoms with Crippen LogP contribution in [0, 0.1) is 0 Å². The Labute approximate surface area is 184 Å². The molecule has 2 aromatic carbocycles. The van der Waals surface area contributed by atoms with Crippen molar-refractivity contribution in [3.05, 3.63) is 95.6 Å². The summed E-state index contributed by atoms with van der Waals surface area (Å²) in [5.74, 6) is 0.961. The van der Waals surface area contributed by atoms with E-state index < -0.39 is 6.04 Å². The largest absolute Gasteiger partial charge is 0.484 e. The van der Waals surface area contributed by atoms with Crippen molar-refractivity contribution in [2.24, 2.45) is 0 Å². The molecule has 0 spiro atoms. The van der Waals surface area contributed by atoms with Gasteiger partial charge in [-0.3, -0.25) is 9.78 Å². The molecule has 7 nitrogen and oxygen atoms in total. The lowest BCUT2D eigenvalue weighted by Crippen LogP contribution is -2.34. The molecule has 2 heterocycles. The zero-order chi connectivity index (χ0) is 21.5. The predicted molar refractivity (Wildman–Crippen MR) is 116 cm³/mol. The molecular weight excluding hydrogens is 416 g/mol. The lowest BCUT2D eigenvalue weighted by Gasteiger charge is -2.15. The van der Waals surface area contributed by atoms with E-state index in [0.29, 0.717) is 28.9 Å². The summed E-state index contributed by atoms with van der Waals surface area (Å²) in [5, 5.41) is 7.56. The molecule has 1 atom stereocenters. The lowest BCUT2D eigenvalue weighted by molar-refractivity contribution is -0.124. The fraction of sp³-hybridized carbons (Fsp3) is 0.130. The molecule has 0 bridgehead atoms. The summed E-state index contributed by atoms with van der Waals surface area (Å²) in [6.07, 6.45) is 3.81. The zero-order valence-electron chi connectivity index (χ0n) is 16.4. The number of ether oxygens (including phenoxy) is 1. The quantitative estimate of drug-likeness (QED) is 0.445. The molecule has 0 saturated carbocycles. The summed E-state index contributed by atoms with van der Waals surface area (Å²) in [4.78, 5) is 21.1. The van der Waals surface area contributed by atoms with Gasteiger partial charge in [-0.1, -0.05) is 47.1 Å². The number of hydrogen-bond donors (Lipinski definition) is 1. The second-order valence-electron chi connectivity index (χ2n) is 6.75. The van der Waals surface area contributed by atoms with Gasteiger partial charge in [-0.2, -0.15) is 4.98 Å². The van der Waals surface area contributed by atoms with Gasteiger partial charge in [-0.05, 0) is 42.0 Å². The molecule has 4 aromatic rings. The van der Waals surface area contributed by atoms with Crippen molar-refractivity contribution in [3.63, 3.8) is 0 Å². The maximum Gasteiger partial charge on any atom is 0.258 e. The van der Waals surface area contributed by atoms with Crippen LogP contribution in [0.15, 0.2) is 83.6 Å². The monoisotopic (exact) mass is 434 g/mol. The molecule has 1 N–H and O–H groups in total. The van der Waals surface area contributed by atoms with E-state index in [9.17, 15) is 4.79 Å². The number of hydrogen-bond acceptors (Lipinski definition) is 6. The van der Waals surface area contributed by atoms with E-state index in [1.165, 1.54) is 0 Å². The van der Waals surface area contributed by atoms with Gasteiger partial charge in [-0.15, -0.1) is 0 Å². The number of rotatable bonds is 8. The molecule has 1 amide bonds. The molecule has 0 aliphatic carbocycles. The van der Waals surface area contributed by atoms with Gasteiger partial charge in [-0.25, -0.2) is 0 Å².